The van der Waals surface area contributed by atoms with Gasteiger partial charge in [-0.25, -0.2) is 0 Å². The zero-order valence-corrected chi connectivity index (χ0v) is 11.3. The van der Waals surface area contributed by atoms with E-state index in [1.807, 2.05) is 11.8 Å². The predicted octanol–water partition coefficient (Wildman–Crippen LogP) is -0.0173. The van der Waals surface area contributed by atoms with Gasteiger partial charge in [-0.15, -0.1) is 0 Å². The number of hydrogen-bond acceptors (Lipinski definition) is 4. The van der Waals surface area contributed by atoms with Crippen LogP contribution in [0, 0.1) is 5.92 Å². The molecule has 0 aromatic rings. The molecule has 2 saturated heterocycles. The van der Waals surface area contributed by atoms with Crippen molar-refractivity contribution in [2.24, 2.45) is 5.92 Å². The zero-order valence-electron chi connectivity index (χ0n) is 11.3. The minimum Gasteiger partial charge on any atom is -0.394 e. The molecule has 1 amide bonds. The summed E-state index contributed by atoms with van der Waals surface area (Å²) in [5.41, 5.74) is 0. The Morgan fingerprint density at radius 2 is 2.22 bits per heavy atom. The minimum atomic E-state index is -0.237. The van der Waals surface area contributed by atoms with E-state index in [2.05, 4.69) is 12.2 Å². The Kier molecular flexibility index (Phi) is 4.59. The average Bonchev–Trinajstić information content (AvgIpc) is 2.37. The molecule has 0 bridgehead atoms. The van der Waals surface area contributed by atoms with Crippen LogP contribution in [0.5, 0.6) is 0 Å². The molecular weight excluding hydrogens is 232 g/mol. The first-order valence-electron chi connectivity index (χ1n) is 6.88. The lowest BCUT2D eigenvalue weighted by Gasteiger charge is -2.39. The lowest BCUT2D eigenvalue weighted by Crippen LogP contribution is -2.56. The molecule has 0 aromatic carbocycles. The number of nitrogens with one attached hydrogen (secondary N) is 1. The van der Waals surface area contributed by atoms with Crippen molar-refractivity contribution in [2.75, 3.05) is 26.2 Å². The van der Waals surface area contributed by atoms with E-state index in [1.165, 1.54) is 0 Å². The number of ether oxygens (including phenoxy) is 1. The molecular formula is C13H24N2O3. The normalized spacial score (nSPS) is 37.6. The molecule has 0 aliphatic carbocycles. The first-order valence-corrected chi connectivity index (χ1v) is 6.88. The SMILES string of the molecule is CC1CCNC(C(=O)N2CC(C)OC(CO)C2)C1. The lowest BCUT2D eigenvalue weighted by atomic mass is 9.93. The van der Waals surface area contributed by atoms with Crippen LogP contribution in [0.2, 0.25) is 0 Å². The number of carbonyl (C=O) groups is 1. The highest BCUT2D eigenvalue weighted by molar-refractivity contribution is 5.82. The van der Waals surface area contributed by atoms with Crippen molar-refractivity contribution in [3.05, 3.63) is 0 Å². The first-order chi connectivity index (χ1) is 8.60. The summed E-state index contributed by atoms with van der Waals surface area (Å²) in [6.07, 6.45) is 1.82. The van der Waals surface area contributed by atoms with E-state index in [0.29, 0.717) is 19.0 Å². The van der Waals surface area contributed by atoms with Crippen LogP contribution in [0.15, 0.2) is 0 Å². The van der Waals surface area contributed by atoms with E-state index in [-0.39, 0.29) is 30.8 Å². The lowest BCUT2D eigenvalue weighted by molar-refractivity contribution is -0.150. The Hall–Kier alpha value is -0.650. The monoisotopic (exact) mass is 256 g/mol. The molecule has 2 aliphatic rings. The second-order valence-corrected chi connectivity index (χ2v) is 5.63. The van der Waals surface area contributed by atoms with Gasteiger partial charge in [0.1, 0.15) is 0 Å². The Balaban J connectivity index is 1.94. The van der Waals surface area contributed by atoms with Gasteiger partial charge in [-0.2, -0.15) is 0 Å². The number of aliphatic hydroxyl groups is 1. The van der Waals surface area contributed by atoms with Crippen molar-refractivity contribution in [1.82, 2.24) is 10.2 Å². The Morgan fingerprint density at radius 3 is 2.89 bits per heavy atom. The number of amides is 1. The van der Waals surface area contributed by atoms with Crippen LogP contribution in [0.1, 0.15) is 26.7 Å². The zero-order chi connectivity index (χ0) is 13.1. The molecule has 2 fully saturated rings. The van der Waals surface area contributed by atoms with Crippen LogP contribution < -0.4 is 5.32 Å². The summed E-state index contributed by atoms with van der Waals surface area (Å²) in [7, 11) is 0. The third-order valence-corrected chi connectivity index (χ3v) is 3.81. The Morgan fingerprint density at radius 1 is 1.44 bits per heavy atom. The molecule has 104 valence electrons. The average molecular weight is 256 g/mol. The van der Waals surface area contributed by atoms with Crippen LogP contribution in [-0.2, 0) is 9.53 Å². The molecule has 5 heteroatoms. The predicted molar refractivity (Wildman–Crippen MR) is 68.2 cm³/mol. The van der Waals surface area contributed by atoms with E-state index in [9.17, 15) is 9.90 Å². The van der Waals surface area contributed by atoms with Gasteiger partial charge < -0.3 is 20.1 Å². The molecule has 18 heavy (non-hydrogen) atoms. The molecule has 2 N–H and O–H groups in total. The quantitative estimate of drug-likeness (QED) is 0.729. The highest BCUT2D eigenvalue weighted by Crippen LogP contribution is 2.19. The van der Waals surface area contributed by atoms with Crippen molar-refractivity contribution in [3.8, 4) is 0 Å². The molecule has 2 rings (SSSR count). The smallest absolute Gasteiger partial charge is 0.239 e. The Bertz CT molecular complexity index is 298. The van der Waals surface area contributed by atoms with Crippen LogP contribution in [-0.4, -0.2) is 60.4 Å². The van der Waals surface area contributed by atoms with Crippen molar-refractivity contribution in [2.45, 2.75) is 44.9 Å². The number of nitrogens with zero attached hydrogens (tertiary/aromatic N) is 1. The highest BCUT2D eigenvalue weighted by atomic mass is 16.5. The van der Waals surface area contributed by atoms with E-state index >= 15 is 0 Å². The summed E-state index contributed by atoms with van der Waals surface area (Å²) >= 11 is 0. The van der Waals surface area contributed by atoms with E-state index < -0.39 is 0 Å². The molecule has 4 unspecified atom stereocenters. The van der Waals surface area contributed by atoms with Gasteiger partial charge in [-0.3, -0.25) is 4.79 Å². The summed E-state index contributed by atoms with van der Waals surface area (Å²) in [6.45, 7) is 6.16. The maximum absolute atomic E-state index is 12.4. The van der Waals surface area contributed by atoms with Crippen molar-refractivity contribution in [1.29, 1.82) is 0 Å². The van der Waals surface area contributed by atoms with Gasteiger partial charge >= 0.3 is 0 Å². The number of morpholine rings is 1. The molecule has 0 radical (unpaired) electrons. The van der Waals surface area contributed by atoms with Gasteiger partial charge in [0.15, 0.2) is 0 Å². The van der Waals surface area contributed by atoms with Crippen molar-refractivity contribution >= 4 is 5.91 Å². The summed E-state index contributed by atoms with van der Waals surface area (Å²) in [5.74, 6) is 0.766. The molecule has 5 nitrogen and oxygen atoms in total. The highest BCUT2D eigenvalue weighted by Gasteiger charge is 2.33. The van der Waals surface area contributed by atoms with Gasteiger partial charge in [-0.05, 0) is 32.2 Å². The van der Waals surface area contributed by atoms with E-state index in [4.69, 9.17) is 4.74 Å². The van der Waals surface area contributed by atoms with E-state index in [1.54, 1.807) is 0 Å². The number of carbonyl (C=O) groups excluding carboxylic acids is 1. The van der Waals surface area contributed by atoms with Gasteiger partial charge in [0.25, 0.3) is 0 Å². The number of aliphatic hydroxyl groups excluding tert-OH is 1. The minimum absolute atomic E-state index is 0.000800. The van der Waals surface area contributed by atoms with Crippen molar-refractivity contribution in [3.63, 3.8) is 0 Å². The topological polar surface area (TPSA) is 61.8 Å². The maximum atomic E-state index is 12.4. The molecule has 4 atom stereocenters. The van der Waals surface area contributed by atoms with Gasteiger partial charge in [0, 0.05) is 13.1 Å². The fraction of sp³-hybridized carbons (Fsp3) is 0.923. The standard InChI is InChI=1S/C13H24N2O3/c1-9-3-4-14-12(5-9)13(17)15-6-10(2)18-11(7-15)8-16/h9-12,14,16H,3-8H2,1-2H3. The van der Waals surface area contributed by atoms with Crippen LogP contribution in [0.3, 0.4) is 0 Å². The van der Waals surface area contributed by atoms with Crippen molar-refractivity contribution < 1.29 is 14.6 Å². The fourth-order valence-electron chi connectivity index (χ4n) is 2.84. The summed E-state index contributed by atoms with van der Waals surface area (Å²) in [4.78, 5) is 14.3. The third kappa shape index (κ3) is 3.22. The number of hydrogen-bond donors (Lipinski definition) is 2. The van der Waals surface area contributed by atoms with Gasteiger partial charge in [-0.1, -0.05) is 6.92 Å². The number of rotatable bonds is 2. The first kappa shape index (κ1) is 13.8. The molecule has 2 heterocycles. The van der Waals surface area contributed by atoms with E-state index in [0.717, 1.165) is 19.4 Å². The van der Waals surface area contributed by atoms with Gasteiger partial charge in [0.2, 0.25) is 5.91 Å². The summed E-state index contributed by atoms with van der Waals surface area (Å²) < 4.78 is 5.56. The largest absolute Gasteiger partial charge is 0.394 e. The second-order valence-electron chi connectivity index (χ2n) is 5.63. The summed E-state index contributed by atoms with van der Waals surface area (Å²) in [5, 5.41) is 12.5. The maximum Gasteiger partial charge on any atom is 0.239 e. The molecule has 0 spiro atoms. The number of piperidine rings is 1. The second kappa shape index (κ2) is 5.99. The molecule has 0 saturated carbocycles. The van der Waals surface area contributed by atoms with Crippen LogP contribution in [0.25, 0.3) is 0 Å². The Labute approximate surface area is 108 Å². The molecule has 2 aliphatic heterocycles. The molecule has 0 aromatic heterocycles. The summed E-state index contributed by atoms with van der Waals surface area (Å²) in [6, 6.07) is -0.0570. The third-order valence-electron chi connectivity index (χ3n) is 3.81. The fourth-order valence-corrected chi connectivity index (χ4v) is 2.84. The van der Waals surface area contributed by atoms with Crippen LogP contribution >= 0.6 is 0 Å². The van der Waals surface area contributed by atoms with Gasteiger partial charge in [0.05, 0.1) is 24.9 Å². The van der Waals surface area contributed by atoms with Crippen LogP contribution in [0.4, 0.5) is 0 Å².